The Morgan fingerprint density at radius 1 is 1.03 bits per heavy atom. The lowest BCUT2D eigenvalue weighted by Gasteiger charge is -2.38. The third-order valence-corrected chi connectivity index (χ3v) is 6.50. The molecule has 2 amide bonds. The van der Waals surface area contributed by atoms with Crippen LogP contribution in [0.25, 0.3) is 0 Å². The van der Waals surface area contributed by atoms with E-state index in [4.69, 9.17) is 4.99 Å². The van der Waals surface area contributed by atoms with E-state index in [0.29, 0.717) is 24.1 Å². The maximum Gasteiger partial charge on any atom is 0.416 e. The third-order valence-electron chi connectivity index (χ3n) is 6.50. The van der Waals surface area contributed by atoms with E-state index in [1.807, 2.05) is 32.0 Å². The molecule has 1 spiro atoms. The predicted octanol–water partition coefficient (Wildman–Crippen LogP) is 5.25. The van der Waals surface area contributed by atoms with Crippen molar-refractivity contribution in [3.8, 4) is 0 Å². The van der Waals surface area contributed by atoms with Crippen molar-refractivity contribution in [3.05, 3.63) is 64.7 Å². The minimum atomic E-state index is -4.46. The van der Waals surface area contributed by atoms with Crippen molar-refractivity contribution >= 4 is 23.2 Å². The van der Waals surface area contributed by atoms with Crippen molar-refractivity contribution in [2.75, 3.05) is 11.9 Å². The summed E-state index contributed by atoms with van der Waals surface area (Å²) in [7, 11) is 0. The number of halogens is 3. The summed E-state index contributed by atoms with van der Waals surface area (Å²) in [6.45, 7) is 3.77. The Hall–Kier alpha value is -3.16. The highest BCUT2D eigenvalue weighted by Crippen LogP contribution is 2.40. The summed E-state index contributed by atoms with van der Waals surface area (Å²) >= 11 is 0. The number of nitrogens with one attached hydrogen (secondary N) is 1. The first kappa shape index (κ1) is 23.0. The molecule has 2 aliphatic rings. The monoisotopic (exact) mass is 457 g/mol. The van der Waals surface area contributed by atoms with Crippen LogP contribution in [0.4, 0.5) is 18.9 Å². The Balaban J connectivity index is 1.58. The van der Waals surface area contributed by atoms with Gasteiger partial charge >= 0.3 is 6.18 Å². The second kappa shape index (κ2) is 8.65. The number of benzene rings is 2. The quantitative estimate of drug-likeness (QED) is 0.682. The van der Waals surface area contributed by atoms with Crippen molar-refractivity contribution in [1.29, 1.82) is 0 Å². The fourth-order valence-electron chi connectivity index (χ4n) is 4.52. The molecule has 0 radical (unpaired) electrons. The highest BCUT2D eigenvalue weighted by atomic mass is 19.4. The van der Waals surface area contributed by atoms with Crippen molar-refractivity contribution in [1.82, 2.24) is 4.90 Å². The van der Waals surface area contributed by atoms with E-state index in [1.165, 1.54) is 17.0 Å². The maximum atomic E-state index is 13.3. The molecule has 174 valence electrons. The molecule has 1 saturated carbocycles. The van der Waals surface area contributed by atoms with Crippen LogP contribution in [-0.4, -0.2) is 34.6 Å². The van der Waals surface area contributed by atoms with Gasteiger partial charge in [-0.15, -0.1) is 0 Å². The Morgan fingerprint density at radius 3 is 2.30 bits per heavy atom. The zero-order valence-corrected chi connectivity index (χ0v) is 18.6. The van der Waals surface area contributed by atoms with E-state index in [2.05, 4.69) is 5.32 Å². The first-order valence-corrected chi connectivity index (χ1v) is 11.1. The van der Waals surface area contributed by atoms with Crippen LogP contribution in [0.5, 0.6) is 0 Å². The van der Waals surface area contributed by atoms with Gasteiger partial charge in [-0.1, -0.05) is 24.6 Å². The lowest BCUT2D eigenvalue weighted by atomic mass is 9.88. The molecule has 0 bridgehead atoms. The molecular weight excluding hydrogens is 431 g/mol. The Morgan fingerprint density at radius 2 is 1.70 bits per heavy atom. The highest BCUT2D eigenvalue weighted by molar-refractivity contribution is 6.47. The summed E-state index contributed by atoms with van der Waals surface area (Å²) in [6, 6.07) is 10.1. The van der Waals surface area contributed by atoms with E-state index in [9.17, 15) is 22.8 Å². The van der Waals surface area contributed by atoms with E-state index in [-0.39, 0.29) is 18.2 Å². The van der Waals surface area contributed by atoms with Gasteiger partial charge in [-0.25, -0.2) is 0 Å². The fraction of sp³-hybridized carbons (Fsp3) is 0.400. The van der Waals surface area contributed by atoms with Gasteiger partial charge in [0.2, 0.25) is 5.91 Å². The van der Waals surface area contributed by atoms with Crippen molar-refractivity contribution in [3.63, 3.8) is 0 Å². The number of alkyl halides is 3. The van der Waals surface area contributed by atoms with Gasteiger partial charge in [0.05, 0.1) is 5.56 Å². The maximum absolute atomic E-state index is 13.3. The van der Waals surface area contributed by atoms with Crippen LogP contribution in [-0.2, 0) is 15.8 Å². The smallest absolute Gasteiger partial charge is 0.325 e. The molecule has 33 heavy (non-hydrogen) atoms. The molecular formula is C25H26F3N3O2. The predicted molar refractivity (Wildman–Crippen MR) is 120 cm³/mol. The van der Waals surface area contributed by atoms with Gasteiger partial charge in [-0.05, 0) is 74.9 Å². The van der Waals surface area contributed by atoms with Gasteiger partial charge in [-0.3, -0.25) is 14.6 Å². The topological polar surface area (TPSA) is 61.8 Å². The number of nitrogens with zero attached hydrogens (tertiary/aromatic N) is 2. The van der Waals surface area contributed by atoms with Gasteiger partial charge in [0.25, 0.3) is 5.91 Å². The van der Waals surface area contributed by atoms with Crippen molar-refractivity contribution < 1.29 is 22.8 Å². The van der Waals surface area contributed by atoms with E-state index in [0.717, 1.165) is 42.5 Å². The average Bonchev–Trinajstić information content (AvgIpc) is 3.02. The SMILES string of the molecule is Cc1ccc(NC(=O)CN2C(=O)C(c3ccc(C(F)(F)F)cc3)=NC23CCCCC3)cc1C. The number of carbonyl (C=O) groups excluding carboxylic acids is 2. The average molecular weight is 457 g/mol. The Bertz CT molecular complexity index is 1100. The number of aryl methyl sites for hydroxylation is 2. The molecule has 1 aliphatic heterocycles. The lowest BCUT2D eigenvalue weighted by molar-refractivity contribution is -0.137. The summed E-state index contributed by atoms with van der Waals surface area (Å²) in [6.07, 6.45) is -0.453. The molecule has 8 heteroatoms. The molecule has 0 aromatic heterocycles. The summed E-state index contributed by atoms with van der Waals surface area (Å²) in [5, 5.41) is 2.85. The fourth-order valence-corrected chi connectivity index (χ4v) is 4.52. The second-order valence-corrected chi connectivity index (χ2v) is 8.82. The number of carbonyl (C=O) groups is 2. The van der Waals surface area contributed by atoms with Crippen LogP contribution >= 0.6 is 0 Å². The van der Waals surface area contributed by atoms with Gasteiger partial charge < -0.3 is 10.2 Å². The number of hydrogen-bond donors (Lipinski definition) is 1. The largest absolute Gasteiger partial charge is 0.416 e. The molecule has 0 atom stereocenters. The van der Waals surface area contributed by atoms with Crippen LogP contribution in [0, 0.1) is 13.8 Å². The molecule has 1 aliphatic carbocycles. The molecule has 0 unspecified atom stereocenters. The van der Waals surface area contributed by atoms with Gasteiger partial charge in [-0.2, -0.15) is 13.2 Å². The van der Waals surface area contributed by atoms with E-state index in [1.54, 1.807) is 0 Å². The van der Waals surface area contributed by atoms with E-state index < -0.39 is 23.3 Å². The summed E-state index contributed by atoms with van der Waals surface area (Å²) in [5.41, 5.74) is 1.64. The normalized spacial score (nSPS) is 17.9. The summed E-state index contributed by atoms with van der Waals surface area (Å²) < 4.78 is 38.8. The number of anilines is 1. The van der Waals surface area contributed by atoms with Crippen LogP contribution in [0.1, 0.15) is 54.4 Å². The minimum Gasteiger partial charge on any atom is -0.325 e. The summed E-state index contributed by atoms with van der Waals surface area (Å²) in [4.78, 5) is 32.4. The number of rotatable bonds is 4. The molecule has 4 rings (SSSR count). The number of aliphatic imine (C=N–C) groups is 1. The lowest BCUT2D eigenvalue weighted by Crippen LogP contribution is -2.51. The van der Waals surface area contributed by atoms with Crippen LogP contribution < -0.4 is 5.32 Å². The first-order chi connectivity index (χ1) is 15.6. The molecule has 2 aromatic carbocycles. The Labute approximate surface area is 190 Å². The number of amides is 2. The van der Waals surface area contributed by atoms with E-state index >= 15 is 0 Å². The second-order valence-electron chi connectivity index (χ2n) is 8.82. The zero-order chi connectivity index (χ0) is 23.8. The first-order valence-electron chi connectivity index (χ1n) is 11.1. The highest BCUT2D eigenvalue weighted by Gasteiger charge is 2.48. The van der Waals surface area contributed by atoms with Crippen LogP contribution in [0.2, 0.25) is 0 Å². The summed E-state index contributed by atoms with van der Waals surface area (Å²) in [5.74, 6) is -0.757. The van der Waals surface area contributed by atoms with Gasteiger partial charge in [0, 0.05) is 11.3 Å². The van der Waals surface area contributed by atoms with Crippen LogP contribution in [0.3, 0.4) is 0 Å². The number of hydrogen-bond acceptors (Lipinski definition) is 3. The zero-order valence-electron chi connectivity index (χ0n) is 18.6. The molecule has 5 nitrogen and oxygen atoms in total. The Kier molecular flexibility index (Phi) is 6.03. The molecule has 0 saturated heterocycles. The minimum absolute atomic E-state index is 0.115. The van der Waals surface area contributed by atoms with Crippen molar-refractivity contribution in [2.45, 2.75) is 57.8 Å². The van der Waals surface area contributed by atoms with Crippen LogP contribution in [0.15, 0.2) is 47.5 Å². The van der Waals surface area contributed by atoms with Gasteiger partial charge in [0.1, 0.15) is 17.9 Å². The molecule has 1 heterocycles. The third kappa shape index (κ3) is 4.65. The standard InChI is InChI=1S/C25H26F3N3O2/c1-16-6-11-20(14-17(16)2)29-21(32)15-31-23(33)22(30-24(31)12-4-3-5-13-24)18-7-9-19(10-8-18)25(26,27)28/h6-11,14H,3-5,12-13,15H2,1-2H3,(H,29,32). The van der Waals surface area contributed by atoms with Crippen molar-refractivity contribution in [2.24, 2.45) is 4.99 Å². The van der Waals surface area contributed by atoms with Gasteiger partial charge in [0.15, 0.2) is 0 Å². The molecule has 1 N–H and O–H groups in total. The molecule has 1 fully saturated rings. The molecule has 2 aromatic rings.